The van der Waals surface area contributed by atoms with E-state index in [1.165, 1.54) is 12.1 Å². The van der Waals surface area contributed by atoms with Crippen molar-refractivity contribution in [2.75, 3.05) is 39.3 Å². The molecule has 0 atom stereocenters. The first kappa shape index (κ1) is 24.7. The van der Waals surface area contributed by atoms with E-state index in [4.69, 9.17) is 4.18 Å². The summed E-state index contributed by atoms with van der Waals surface area (Å²) in [6.07, 6.45) is 0.898. The summed E-state index contributed by atoms with van der Waals surface area (Å²) in [5.41, 5.74) is 1.89. The zero-order valence-electron chi connectivity index (χ0n) is 19.3. The van der Waals surface area contributed by atoms with Gasteiger partial charge in [-0.2, -0.15) is 8.42 Å². The number of amides is 2. The monoisotopic (exact) mass is 473 g/mol. The van der Waals surface area contributed by atoms with Crippen LogP contribution in [0.3, 0.4) is 0 Å². The number of carbonyl (C=O) groups excluding carboxylic acids is 2. The third-order valence-corrected chi connectivity index (χ3v) is 6.91. The van der Waals surface area contributed by atoms with Gasteiger partial charge in [-0.3, -0.25) is 14.5 Å². The fourth-order valence-corrected chi connectivity index (χ4v) is 4.86. The summed E-state index contributed by atoms with van der Waals surface area (Å²) >= 11 is 0. The number of rotatable bonds is 8. The maximum atomic E-state index is 12.8. The first-order valence-corrected chi connectivity index (χ1v) is 12.5. The van der Waals surface area contributed by atoms with Crippen LogP contribution in [0.1, 0.15) is 34.8 Å². The number of hydrogen-bond donors (Lipinski definition) is 1. The van der Waals surface area contributed by atoms with Crippen LogP contribution in [0, 0.1) is 13.8 Å². The summed E-state index contributed by atoms with van der Waals surface area (Å²) in [4.78, 5) is 28.6. The highest BCUT2D eigenvalue weighted by Gasteiger charge is 2.24. The van der Waals surface area contributed by atoms with Crippen molar-refractivity contribution in [1.29, 1.82) is 0 Å². The molecule has 0 aliphatic carbocycles. The van der Waals surface area contributed by atoms with Gasteiger partial charge in [-0.15, -0.1) is 0 Å². The van der Waals surface area contributed by atoms with Crippen LogP contribution >= 0.6 is 0 Å². The molecule has 0 aromatic heterocycles. The summed E-state index contributed by atoms with van der Waals surface area (Å²) in [5, 5.41) is 2.86. The molecule has 2 aromatic carbocycles. The maximum Gasteiger partial charge on any atom is 0.339 e. The van der Waals surface area contributed by atoms with Crippen molar-refractivity contribution in [3.05, 3.63) is 59.2 Å². The van der Waals surface area contributed by atoms with E-state index in [1.807, 2.05) is 24.8 Å². The van der Waals surface area contributed by atoms with Crippen molar-refractivity contribution in [1.82, 2.24) is 15.1 Å². The standard InChI is InChI=1S/C24H31N3O5S/c1-4-11-25-23(28)17-26-12-14-27(15-13-26)24(29)20-7-9-21(10-8-20)32-33(30,31)22-16-18(2)5-6-19(22)3/h5-10,16H,4,11-15,17H2,1-3H3,(H,25,28). The first-order chi connectivity index (χ1) is 15.7. The molecule has 1 fully saturated rings. The van der Waals surface area contributed by atoms with E-state index in [9.17, 15) is 18.0 Å². The average Bonchev–Trinajstić information content (AvgIpc) is 2.79. The van der Waals surface area contributed by atoms with Gasteiger partial charge >= 0.3 is 10.1 Å². The summed E-state index contributed by atoms with van der Waals surface area (Å²) in [5.74, 6) is 0.0208. The Bertz CT molecular complexity index is 1090. The number of piperazine rings is 1. The first-order valence-electron chi connectivity index (χ1n) is 11.1. The van der Waals surface area contributed by atoms with Gasteiger partial charge in [0.15, 0.2) is 0 Å². The van der Waals surface area contributed by atoms with E-state index >= 15 is 0 Å². The van der Waals surface area contributed by atoms with Gasteiger partial charge < -0.3 is 14.4 Å². The minimum atomic E-state index is -3.98. The Morgan fingerprint density at radius 2 is 1.67 bits per heavy atom. The van der Waals surface area contributed by atoms with E-state index in [2.05, 4.69) is 5.32 Å². The van der Waals surface area contributed by atoms with Gasteiger partial charge in [-0.05, 0) is 61.7 Å². The van der Waals surface area contributed by atoms with Crippen LogP contribution in [0.25, 0.3) is 0 Å². The molecule has 0 bridgehead atoms. The lowest BCUT2D eigenvalue weighted by Crippen LogP contribution is -2.51. The summed E-state index contributed by atoms with van der Waals surface area (Å²) in [7, 11) is -3.98. The molecule has 33 heavy (non-hydrogen) atoms. The highest BCUT2D eigenvalue weighted by atomic mass is 32.2. The zero-order chi connectivity index (χ0) is 24.0. The molecule has 0 spiro atoms. The van der Waals surface area contributed by atoms with Crippen LogP contribution in [0.2, 0.25) is 0 Å². The number of nitrogens with zero attached hydrogens (tertiary/aromatic N) is 2. The second kappa shape index (κ2) is 10.8. The fraction of sp³-hybridized carbons (Fsp3) is 0.417. The largest absolute Gasteiger partial charge is 0.379 e. The molecule has 9 heteroatoms. The topological polar surface area (TPSA) is 96.0 Å². The molecule has 1 heterocycles. The van der Waals surface area contributed by atoms with Gasteiger partial charge in [0.05, 0.1) is 6.54 Å². The highest BCUT2D eigenvalue weighted by Crippen LogP contribution is 2.23. The number of hydrogen-bond acceptors (Lipinski definition) is 6. The second-order valence-corrected chi connectivity index (χ2v) is 9.76. The van der Waals surface area contributed by atoms with Crippen LogP contribution in [0.5, 0.6) is 5.75 Å². The lowest BCUT2D eigenvalue weighted by molar-refractivity contribution is -0.122. The molecule has 0 radical (unpaired) electrons. The molecule has 1 aliphatic heterocycles. The molecule has 8 nitrogen and oxygen atoms in total. The number of aryl methyl sites for hydroxylation is 2. The predicted molar refractivity (Wildman–Crippen MR) is 126 cm³/mol. The van der Waals surface area contributed by atoms with Crippen LogP contribution in [0.4, 0.5) is 0 Å². The summed E-state index contributed by atoms with van der Waals surface area (Å²) < 4.78 is 30.6. The lowest BCUT2D eigenvalue weighted by Gasteiger charge is -2.34. The van der Waals surface area contributed by atoms with Crippen LogP contribution in [-0.2, 0) is 14.9 Å². The molecule has 0 saturated carbocycles. The molecule has 1 N–H and O–H groups in total. The lowest BCUT2D eigenvalue weighted by atomic mass is 10.1. The van der Waals surface area contributed by atoms with Gasteiger partial charge in [-0.1, -0.05) is 19.1 Å². The van der Waals surface area contributed by atoms with Crippen molar-refractivity contribution >= 4 is 21.9 Å². The highest BCUT2D eigenvalue weighted by molar-refractivity contribution is 7.87. The van der Waals surface area contributed by atoms with Crippen molar-refractivity contribution in [3.8, 4) is 5.75 Å². The van der Waals surface area contributed by atoms with Crippen LogP contribution in [0.15, 0.2) is 47.4 Å². The predicted octanol–water partition coefficient (Wildman–Crippen LogP) is 2.36. The van der Waals surface area contributed by atoms with Crippen molar-refractivity contribution in [2.45, 2.75) is 32.1 Å². The van der Waals surface area contributed by atoms with Crippen molar-refractivity contribution in [2.24, 2.45) is 0 Å². The van der Waals surface area contributed by atoms with Crippen molar-refractivity contribution in [3.63, 3.8) is 0 Å². The van der Waals surface area contributed by atoms with E-state index in [0.29, 0.717) is 50.4 Å². The average molecular weight is 474 g/mol. The Balaban J connectivity index is 1.57. The number of nitrogens with one attached hydrogen (secondary N) is 1. The molecule has 3 rings (SSSR count). The Labute approximate surface area is 195 Å². The molecule has 0 unspecified atom stereocenters. The Morgan fingerprint density at radius 1 is 1.00 bits per heavy atom. The van der Waals surface area contributed by atoms with Gasteiger partial charge in [0.1, 0.15) is 10.6 Å². The van der Waals surface area contributed by atoms with E-state index in [0.717, 1.165) is 12.0 Å². The fourth-order valence-electron chi connectivity index (χ4n) is 3.62. The molecule has 1 aliphatic rings. The maximum absolute atomic E-state index is 12.8. The number of benzene rings is 2. The Hall–Kier alpha value is -2.91. The van der Waals surface area contributed by atoms with Gasteiger partial charge in [0, 0.05) is 38.3 Å². The van der Waals surface area contributed by atoms with Gasteiger partial charge in [-0.25, -0.2) is 0 Å². The van der Waals surface area contributed by atoms with Crippen molar-refractivity contribution < 1.29 is 22.2 Å². The minimum absolute atomic E-state index is 0.00280. The molecule has 1 saturated heterocycles. The number of carbonyl (C=O) groups is 2. The summed E-state index contributed by atoms with van der Waals surface area (Å²) in [6, 6.07) is 11.3. The minimum Gasteiger partial charge on any atom is -0.379 e. The Morgan fingerprint density at radius 3 is 2.30 bits per heavy atom. The van der Waals surface area contributed by atoms with E-state index in [-0.39, 0.29) is 22.5 Å². The molecular weight excluding hydrogens is 442 g/mol. The van der Waals surface area contributed by atoms with Crippen LogP contribution < -0.4 is 9.50 Å². The smallest absolute Gasteiger partial charge is 0.339 e. The molecule has 2 aromatic rings. The zero-order valence-corrected chi connectivity index (χ0v) is 20.2. The van der Waals surface area contributed by atoms with E-state index < -0.39 is 10.1 Å². The third kappa shape index (κ3) is 6.55. The normalized spacial score (nSPS) is 14.7. The van der Waals surface area contributed by atoms with E-state index in [1.54, 1.807) is 36.1 Å². The van der Waals surface area contributed by atoms with Gasteiger partial charge in [0.2, 0.25) is 5.91 Å². The SMILES string of the molecule is CCCNC(=O)CN1CCN(C(=O)c2ccc(OS(=O)(=O)c3cc(C)ccc3C)cc2)CC1. The molecular formula is C24H31N3O5S. The van der Waals surface area contributed by atoms with Crippen LogP contribution in [-0.4, -0.2) is 69.3 Å². The third-order valence-electron chi connectivity index (χ3n) is 5.52. The molecule has 2 amide bonds. The summed E-state index contributed by atoms with van der Waals surface area (Å²) in [6.45, 7) is 8.85. The second-order valence-electron chi connectivity index (χ2n) is 8.25. The van der Waals surface area contributed by atoms with Gasteiger partial charge in [0.25, 0.3) is 5.91 Å². The molecule has 178 valence electrons. The quantitative estimate of drug-likeness (QED) is 0.592. The Kier molecular flexibility index (Phi) is 8.10.